The maximum absolute atomic E-state index is 12.9. The fraction of sp³-hybridized carbons (Fsp3) is 0.714. The molecule has 1 saturated heterocycles. The molecule has 162 valence electrons. The Hall–Kier alpha value is -1.02. The number of fused-ring (bicyclic) bond motifs is 1. The van der Waals surface area contributed by atoms with Crippen LogP contribution in [0.4, 0.5) is 4.79 Å². The molecule has 1 amide bonds. The van der Waals surface area contributed by atoms with E-state index in [1.807, 2.05) is 47.6 Å². The molecule has 29 heavy (non-hydrogen) atoms. The van der Waals surface area contributed by atoms with Crippen molar-refractivity contribution in [2.24, 2.45) is 5.41 Å². The monoisotopic (exact) mass is 441 g/mol. The first-order valence-corrected chi connectivity index (χ1v) is 11.6. The first kappa shape index (κ1) is 22.7. The minimum Gasteiger partial charge on any atom is -0.598 e. The molecule has 1 aliphatic heterocycles. The number of ether oxygens (including phenoxy) is 1. The van der Waals surface area contributed by atoms with E-state index in [0.29, 0.717) is 18.1 Å². The minimum absolute atomic E-state index is 0.129. The molecule has 2 atom stereocenters. The number of likely N-dealkylation sites (tertiary alicyclic amines) is 1. The molecule has 2 unspecified atom stereocenters. The van der Waals surface area contributed by atoms with Crippen molar-refractivity contribution in [2.45, 2.75) is 77.2 Å². The van der Waals surface area contributed by atoms with Gasteiger partial charge in [0.25, 0.3) is 0 Å². The quantitative estimate of drug-likeness (QED) is 0.688. The highest BCUT2D eigenvalue weighted by atomic mass is 35.5. The van der Waals surface area contributed by atoms with E-state index in [2.05, 4.69) is 9.71 Å². The van der Waals surface area contributed by atoms with E-state index in [1.165, 1.54) is 0 Å². The Morgan fingerprint density at radius 1 is 1.31 bits per heavy atom. The molecule has 0 bridgehead atoms. The van der Waals surface area contributed by atoms with Gasteiger partial charge in [-0.3, -0.25) is 4.98 Å². The van der Waals surface area contributed by atoms with Crippen LogP contribution in [0, 0.1) is 5.41 Å². The van der Waals surface area contributed by atoms with Crippen LogP contribution in [0.3, 0.4) is 0 Å². The van der Waals surface area contributed by atoms with Crippen LogP contribution in [0.5, 0.6) is 0 Å². The lowest BCUT2D eigenvalue weighted by Gasteiger charge is -2.43. The zero-order valence-electron chi connectivity index (χ0n) is 18.2. The van der Waals surface area contributed by atoms with E-state index in [0.717, 1.165) is 30.5 Å². The number of aromatic nitrogens is 1. The summed E-state index contributed by atoms with van der Waals surface area (Å²) in [4.78, 5) is 18.8. The normalized spacial score (nSPS) is 22.5. The van der Waals surface area contributed by atoms with Gasteiger partial charge in [0.05, 0.1) is 10.7 Å². The lowest BCUT2D eigenvalue weighted by Crippen LogP contribution is -2.51. The van der Waals surface area contributed by atoms with Crippen LogP contribution >= 0.6 is 11.6 Å². The van der Waals surface area contributed by atoms with Gasteiger partial charge < -0.3 is 14.2 Å². The third kappa shape index (κ3) is 5.01. The van der Waals surface area contributed by atoms with Crippen molar-refractivity contribution < 1.29 is 14.1 Å². The minimum atomic E-state index is -1.23. The number of nitrogens with zero attached hydrogens (tertiary/aromatic N) is 2. The Bertz CT molecular complexity index is 767. The van der Waals surface area contributed by atoms with Crippen molar-refractivity contribution in [3.63, 3.8) is 0 Å². The molecule has 0 saturated carbocycles. The molecule has 0 radical (unpaired) electrons. The second kappa shape index (κ2) is 7.91. The van der Waals surface area contributed by atoms with E-state index in [1.54, 1.807) is 11.1 Å². The van der Waals surface area contributed by atoms with Crippen LogP contribution in [-0.2, 0) is 22.5 Å². The summed E-state index contributed by atoms with van der Waals surface area (Å²) in [6.07, 6.45) is 3.78. The zero-order valence-corrected chi connectivity index (χ0v) is 19.7. The molecular weight excluding hydrogens is 410 g/mol. The number of nitrogens with one attached hydrogen (secondary N) is 1. The van der Waals surface area contributed by atoms with Gasteiger partial charge in [-0.15, -0.1) is 4.72 Å². The van der Waals surface area contributed by atoms with Gasteiger partial charge in [-0.2, -0.15) is 0 Å². The molecule has 2 aliphatic rings. The molecule has 1 aliphatic carbocycles. The maximum Gasteiger partial charge on any atom is 0.410 e. The molecule has 6 nitrogen and oxygen atoms in total. The summed E-state index contributed by atoms with van der Waals surface area (Å²) < 4.78 is 21.4. The number of hydrogen-bond donors (Lipinski definition) is 1. The molecule has 8 heteroatoms. The number of pyridine rings is 1. The van der Waals surface area contributed by atoms with E-state index in [-0.39, 0.29) is 22.3 Å². The van der Waals surface area contributed by atoms with Crippen LogP contribution in [0.2, 0.25) is 5.02 Å². The van der Waals surface area contributed by atoms with Crippen molar-refractivity contribution in [3.05, 3.63) is 28.5 Å². The van der Waals surface area contributed by atoms with Crippen molar-refractivity contribution >= 4 is 29.1 Å². The van der Waals surface area contributed by atoms with E-state index >= 15 is 0 Å². The average molecular weight is 442 g/mol. The molecule has 1 N–H and O–H groups in total. The Balaban J connectivity index is 1.81. The lowest BCUT2D eigenvalue weighted by molar-refractivity contribution is 0.00705. The summed E-state index contributed by atoms with van der Waals surface area (Å²) >= 11 is 4.96. The number of carbonyl (C=O) groups excluding carboxylic acids is 1. The summed E-state index contributed by atoms with van der Waals surface area (Å²) in [5.74, 6) is 0. The van der Waals surface area contributed by atoms with Crippen LogP contribution in [0.1, 0.15) is 71.7 Å². The average Bonchev–Trinajstić information content (AvgIpc) is 2.85. The van der Waals surface area contributed by atoms with Gasteiger partial charge in [-0.25, -0.2) is 4.79 Å². The fourth-order valence-electron chi connectivity index (χ4n) is 4.06. The number of carbonyl (C=O) groups is 1. The Labute approximate surface area is 182 Å². The standard InChI is InChI=1S/C21H32ClN3O3S/c1-19(2,3)28-18(26)25-9-7-21(8-10-25)12-14-11-15(22)13-23-16(14)17(21)24-29(27)20(4,5)6/h11,13,17,24H,7-10,12H2,1-6H3. The summed E-state index contributed by atoms with van der Waals surface area (Å²) in [6, 6.07) is 1.84. The number of amides is 1. The van der Waals surface area contributed by atoms with Crippen molar-refractivity contribution in [3.8, 4) is 0 Å². The summed E-state index contributed by atoms with van der Waals surface area (Å²) in [6.45, 7) is 12.7. The molecular formula is C21H32ClN3O3S. The third-order valence-corrected chi connectivity index (χ3v) is 7.36. The third-order valence-electron chi connectivity index (χ3n) is 5.59. The van der Waals surface area contributed by atoms with Crippen LogP contribution in [0.15, 0.2) is 12.3 Å². The Morgan fingerprint density at radius 2 is 1.93 bits per heavy atom. The number of hydrogen-bond acceptors (Lipinski definition) is 5. The van der Waals surface area contributed by atoms with Gasteiger partial charge in [0.1, 0.15) is 16.4 Å². The highest BCUT2D eigenvalue weighted by Crippen LogP contribution is 2.52. The highest BCUT2D eigenvalue weighted by Gasteiger charge is 2.52. The molecule has 1 aromatic heterocycles. The Morgan fingerprint density at radius 3 is 2.48 bits per heavy atom. The zero-order chi connectivity index (χ0) is 21.6. The van der Waals surface area contributed by atoms with Crippen molar-refractivity contribution in [1.29, 1.82) is 0 Å². The van der Waals surface area contributed by atoms with E-state index < -0.39 is 17.0 Å². The first-order valence-electron chi connectivity index (χ1n) is 10.1. The van der Waals surface area contributed by atoms with Gasteiger partial charge in [-0.05, 0) is 72.4 Å². The fourth-order valence-corrected chi connectivity index (χ4v) is 5.17. The predicted octanol–water partition coefficient (Wildman–Crippen LogP) is 4.40. The van der Waals surface area contributed by atoms with Crippen LogP contribution in [-0.4, -0.2) is 44.0 Å². The molecule has 2 heterocycles. The molecule has 0 aromatic carbocycles. The van der Waals surface area contributed by atoms with Gasteiger partial charge in [-0.1, -0.05) is 11.6 Å². The molecule has 3 rings (SSSR count). The summed E-state index contributed by atoms with van der Waals surface area (Å²) in [5, 5.41) is 0.614. The number of piperidine rings is 1. The second-order valence-electron chi connectivity index (χ2n) is 10.1. The van der Waals surface area contributed by atoms with Gasteiger partial charge in [0.15, 0.2) is 0 Å². The van der Waals surface area contributed by atoms with Crippen molar-refractivity contribution in [2.75, 3.05) is 13.1 Å². The smallest absolute Gasteiger partial charge is 0.410 e. The first-order chi connectivity index (χ1) is 13.3. The van der Waals surface area contributed by atoms with Crippen LogP contribution in [0.25, 0.3) is 0 Å². The molecule has 1 aromatic rings. The topological polar surface area (TPSA) is 77.5 Å². The highest BCUT2D eigenvalue weighted by molar-refractivity contribution is 7.90. The molecule has 1 spiro atoms. The summed E-state index contributed by atoms with van der Waals surface area (Å²) in [7, 11) is 0. The van der Waals surface area contributed by atoms with Crippen LogP contribution < -0.4 is 4.72 Å². The SMILES string of the molecule is CC(C)(C)OC(=O)N1CCC2(CC1)Cc1cc(Cl)cnc1C2N[S+]([O-])C(C)(C)C. The lowest BCUT2D eigenvalue weighted by atomic mass is 9.73. The van der Waals surface area contributed by atoms with E-state index in [9.17, 15) is 9.35 Å². The van der Waals surface area contributed by atoms with Gasteiger partial charge in [0, 0.05) is 36.1 Å². The molecule has 1 fully saturated rings. The second-order valence-corrected chi connectivity index (χ2v) is 12.6. The summed E-state index contributed by atoms with van der Waals surface area (Å²) in [5.41, 5.74) is 1.38. The predicted molar refractivity (Wildman–Crippen MR) is 116 cm³/mol. The largest absolute Gasteiger partial charge is 0.598 e. The Kier molecular flexibility index (Phi) is 6.18. The van der Waals surface area contributed by atoms with Crippen molar-refractivity contribution in [1.82, 2.24) is 14.6 Å². The maximum atomic E-state index is 12.9. The number of halogens is 1. The van der Waals surface area contributed by atoms with E-state index in [4.69, 9.17) is 16.3 Å². The van der Waals surface area contributed by atoms with Gasteiger partial charge >= 0.3 is 6.09 Å². The number of rotatable bonds is 2. The van der Waals surface area contributed by atoms with Gasteiger partial charge in [0.2, 0.25) is 0 Å².